The van der Waals surface area contributed by atoms with Gasteiger partial charge >= 0.3 is 0 Å². The van der Waals surface area contributed by atoms with Gasteiger partial charge in [-0.05, 0) is 52.7 Å². The van der Waals surface area contributed by atoms with Crippen molar-refractivity contribution in [1.29, 1.82) is 0 Å². The second-order valence-corrected chi connectivity index (χ2v) is 6.83. The summed E-state index contributed by atoms with van der Waals surface area (Å²) in [6.07, 6.45) is 1.44. The lowest BCUT2D eigenvalue weighted by atomic mass is 10.1. The third-order valence-corrected chi connectivity index (χ3v) is 5.70. The van der Waals surface area contributed by atoms with E-state index in [0.29, 0.717) is 0 Å². The van der Waals surface area contributed by atoms with Crippen molar-refractivity contribution >= 4 is 43.4 Å². The smallest absolute Gasteiger partial charge is 0.0885 e. The van der Waals surface area contributed by atoms with Crippen LogP contribution in [0.4, 0.5) is 0 Å². The topological polar surface area (TPSA) is 20.2 Å². The fraction of sp³-hybridized carbons (Fsp3) is 0.231. The molecule has 0 bridgehead atoms. The quantitative estimate of drug-likeness (QED) is 0.735. The lowest BCUT2D eigenvalue weighted by Gasteiger charge is -2.06. The molecule has 1 N–H and O–H groups in total. The molecule has 0 aliphatic carbocycles. The first-order chi connectivity index (χ1) is 8.33. The summed E-state index contributed by atoms with van der Waals surface area (Å²) < 4.78 is 2.58. The highest BCUT2D eigenvalue weighted by atomic mass is 32.1. The molecule has 4 heteroatoms. The number of fused-ring (bicyclic) bond motifs is 1. The van der Waals surface area contributed by atoms with Crippen molar-refractivity contribution in [3.05, 3.63) is 44.8 Å². The fourth-order valence-electron chi connectivity index (χ4n) is 1.83. The second-order valence-electron chi connectivity index (χ2n) is 3.98. The van der Waals surface area contributed by atoms with Gasteiger partial charge in [-0.15, -0.1) is 22.7 Å². The predicted octanol–water partition coefficient (Wildman–Crippen LogP) is 4.69. The van der Waals surface area contributed by atoms with Crippen LogP contribution in [0.3, 0.4) is 0 Å². The predicted molar refractivity (Wildman–Crippen MR) is 77.3 cm³/mol. The first-order valence-corrected chi connectivity index (χ1v) is 8.13. The average molecular weight is 280 g/mol. The number of aliphatic hydroxyl groups is 1. The third kappa shape index (κ3) is 2.45. The highest BCUT2D eigenvalue weighted by Gasteiger charge is 2.12. The maximum Gasteiger partial charge on any atom is 0.0885 e. The van der Waals surface area contributed by atoms with Crippen LogP contribution in [0.2, 0.25) is 0 Å². The summed E-state index contributed by atoms with van der Waals surface area (Å²) in [5.41, 5.74) is 1.33. The van der Waals surface area contributed by atoms with E-state index in [0.717, 1.165) is 17.7 Å². The summed E-state index contributed by atoms with van der Waals surface area (Å²) in [5.74, 6) is 0. The Morgan fingerprint density at radius 3 is 2.88 bits per heavy atom. The molecule has 3 rings (SSSR count). The molecule has 1 nitrogen and oxygen atoms in total. The standard InChI is InChI=1S/C13H12OS3/c14-10(2-1-9-3-5-15-8-9)12-7-13-11(17-12)4-6-16-13/h3-8,10,14H,1-2H2. The fourth-order valence-corrected chi connectivity index (χ4v) is 4.67. The minimum Gasteiger partial charge on any atom is -0.388 e. The molecule has 0 amide bonds. The van der Waals surface area contributed by atoms with Gasteiger partial charge < -0.3 is 5.11 Å². The Kier molecular flexibility index (Phi) is 3.29. The molecule has 0 aromatic carbocycles. The molecular formula is C13H12OS3. The molecule has 88 valence electrons. The summed E-state index contributed by atoms with van der Waals surface area (Å²) in [6, 6.07) is 6.38. The summed E-state index contributed by atoms with van der Waals surface area (Å²) in [7, 11) is 0. The van der Waals surface area contributed by atoms with Crippen LogP contribution in [-0.4, -0.2) is 5.11 Å². The molecule has 3 aromatic rings. The number of aryl methyl sites for hydroxylation is 1. The van der Waals surface area contributed by atoms with E-state index >= 15 is 0 Å². The van der Waals surface area contributed by atoms with Crippen LogP contribution < -0.4 is 0 Å². The van der Waals surface area contributed by atoms with Gasteiger partial charge in [0.25, 0.3) is 0 Å². The lowest BCUT2D eigenvalue weighted by molar-refractivity contribution is 0.172. The van der Waals surface area contributed by atoms with Crippen LogP contribution in [0.25, 0.3) is 9.40 Å². The Morgan fingerprint density at radius 1 is 1.18 bits per heavy atom. The Balaban J connectivity index is 1.69. The SMILES string of the molecule is OC(CCc1ccsc1)c1cc2sccc2s1. The van der Waals surface area contributed by atoms with Crippen LogP contribution in [-0.2, 0) is 6.42 Å². The van der Waals surface area contributed by atoms with Crippen molar-refractivity contribution in [2.45, 2.75) is 18.9 Å². The van der Waals surface area contributed by atoms with E-state index < -0.39 is 0 Å². The van der Waals surface area contributed by atoms with Crippen LogP contribution in [0.1, 0.15) is 23.0 Å². The molecular weight excluding hydrogens is 268 g/mol. The van der Waals surface area contributed by atoms with Gasteiger partial charge in [-0.3, -0.25) is 0 Å². The molecule has 1 atom stereocenters. The number of hydrogen-bond acceptors (Lipinski definition) is 4. The Hall–Kier alpha value is -0.680. The molecule has 0 aliphatic rings. The van der Waals surface area contributed by atoms with Crippen molar-refractivity contribution in [1.82, 2.24) is 0 Å². The lowest BCUT2D eigenvalue weighted by Crippen LogP contribution is -1.96. The molecule has 0 saturated carbocycles. The van der Waals surface area contributed by atoms with Crippen molar-refractivity contribution in [2.24, 2.45) is 0 Å². The van der Waals surface area contributed by atoms with Crippen molar-refractivity contribution in [3.8, 4) is 0 Å². The summed E-state index contributed by atoms with van der Waals surface area (Å²) in [4.78, 5) is 1.10. The van der Waals surface area contributed by atoms with E-state index in [9.17, 15) is 5.11 Å². The van der Waals surface area contributed by atoms with Crippen LogP contribution >= 0.6 is 34.0 Å². The highest BCUT2D eigenvalue weighted by molar-refractivity contribution is 7.26. The van der Waals surface area contributed by atoms with Gasteiger partial charge in [0.2, 0.25) is 0 Å². The van der Waals surface area contributed by atoms with Crippen LogP contribution in [0, 0.1) is 0 Å². The first kappa shape index (κ1) is 11.4. The Bertz CT molecular complexity index is 563. The van der Waals surface area contributed by atoms with E-state index in [1.165, 1.54) is 15.0 Å². The molecule has 0 fully saturated rings. The molecule has 0 radical (unpaired) electrons. The second kappa shape index (κ2) is 4.90. The monoisotopic (exact) mass is 280 g/mol. The van der Waals surface area contributed by atoms with Gasteiger partial charge in [0.1, 0.15) is 0 Å². The minimum absolute atomic E-state index is 0.320. The third-order valence-electron chi connectivity index (χ3n) is 2.77. The normalized spacial score (nSPS) is 13.2. The Morgan fingerprint density at radius 2 is 2.12 bits per heavy atom. The number of thiophene rings is 3. The van der Waals surface area contributed by atoms with Crippen molar-refractivity contribution in [2.75, 3.05) is 0 Å². The van der Waals surface area contributed by atoms with E-state index in [1.807, 2.05) is 0 Å². The Labute approximate surface area is 112 Å². The summed E-state index contributed by atoms with van der Waals surface area (Å²) in [5, 5.41) is 16.5. The van der Waals surface area contributed by atoms with Gasteiger partial charge in [-0.2, -0.15) is 11.3 Å². The molecule has 3 heterocycles. The van der Waals surface area contributed by atoms with Gasteiger partial charge in [-0.1, -0.05) is 0 Å². The molecule has 17 heavy (non-hydrogen) atoms. The van der Waals surface area contributed by atoms with Gasteiger partial charge in [0.15, 0.2) is 0 Å². The zero-order valence-electron chi connectivity index (χ0n) is 9.13. The molecule has 1 unspecified atom stereocenters. The summed E-state index contributed by atoms with van der Waals surface area (Å²) in [6.45, 7) is 0. The van der Waals surface area contributed by atoms with Crippen LogP contribution in [0.5, 0.6) is 0 Å². The number of hydrogen-bond donors (Lipinski definition) is 1. The molecule has 0 aliphatic heterocycles. The first-order valence-electron chi connectivity index (χ1n) is 5.49. The zero-order valence-corrected chi connectivity index (χ0v) is 11.6. The number of aliphatic hydroxyl groups excluding tert-OH is 1. The molecule has 3 aromatic heterocycles. The van der Waals surface area contributed by atoms with E-state index in [-0.39, 0.29) is 6.10 Å². The average Bonchev–Trinajstić information content (AvgIpc) is 3.01. The summed E-state index contributed by atoms with van der Waals surface area (Å²) >= 11 is 5.17. The van der Waals surface area contributed by atoms with Crippen LogP contribution in [0.15, 0.2) is 34.3 Å². The van der Waals surface area contributed by atoms with Crippen molar-refractivity contribution in [3.63, 3.8) is 0 Å². The molecule has 0 spiro atoms. The van der Waals surface area contributed by atoms with E-state index in [1.54, 1.807) is 34.0 Å². The van der Waals surface area contributed by atoms with Gasteiger partial charge in [0.05, 0.1) is 6.10 Å². The largest absolute Gasteiger partial charge is 0.388 e. The minimum atomic E-state index is -0.320. The van der Waals surface area contributed by atoms with Gasteiger partial charge in [0, 0.05) is 14.3 Å². The van der Waals surface area contributed by atoms with E-state index in [4.69, 9.17) is 0 Å². The van der Waals surface area contributed by atoms with Crippen molar-refractivity contribution < 1.29 is 5.11 Å². The van der Waals surface area contributed by atoms with Gasteiger partial charge in [-0.25, -0.2) is 0 Å². The molecule has 0 saturated heterocycles. The number of rotatable bonds is 4. The maximum atomic E-state index is 10.2. The zero-order chi connectivity index (χ0) is 11.7. The highest BCUT2D eigenvalue weighted by Crippen LogP contribution is 2.34. The maximum absolute atomic E-state index is 10.2. The van der Waals surface area contributed by atoms with E-state index in [2.05, 4.69) is 34.3 Å².